The summed E-state index contributed by atoms with van der Waals surface area (Å²) in [5, 5.41) is 45.0. The summed E-state index contributed by atoms with van der Waals surface area (Å²) in [5.41, 5.74) is 6.01. The van der Waals surface area contributed by atoms with E-state index >= 15 is 0 Å². The van der Waals surface area contributed by atoms with Crippen molar-refractivity contribution < 1.29 is 53.7 Å². The number of aromatic nitrogens is 2. The van der Waals surface area contributed by atoms with Crippen molar-refractivity contribution in [2.75, 3.05) is 37.5 Å². The van der Waals surface area contributed by atoms with Crippen LogP contribution >= 0.6 is 24.4 Å². The van der Waals surface area contributed by atoms with Gasteiger partial charge in [-0.05, 0) is 43.1 Å². The first-order chi connectivity index (χ1) is 26.9. The summed E-state index contributed by atoms with van der Waals surface area (Å²) in [6.45, 7) is 4.92. The lowest BCUT2D eigenvalue weighted by molar-refractivity contribution is -0.139. The Morgan fingerprint density at radius 1 is 0.719 bits per heavy atom. The van der Waals surface area contributed by atoms with Crippen molar-refractivity contribution in [3.63, 3.8) is 0 Å². The number of thiol groups is 1. The highest BCUT2D eigenvalue weighted by molar-refractivity contribution is 7.98. The van der Waals surface area contributed by atoms with Gasteiger partial charge in [0, 0.05) is 18.4 Å². The van der Waals surface area contributed by atoms with Crippen molar-refractivity contribution in [1.82, 2.24) is 47.2 Å². The van der Waals surface area contributed by atoms with E-state index in [2.05, 4.69) is 54.5 Å². The summed E-state index contributed by atoms with van der Waals surface area (Å²) in [7, 11) is 0. The molecule has 0 aliphatic heterocycles. The summed E-state index contributed by atoms with van der Waals surface area (Å²) in [6.07, 6.45) is 4.95. The predicted octanol–water partition coefficient (Wildman–Crippen LogP) is -3.85. The maximum absolute atomic E-state index is 13.9. The van der Waals surface area contributed by atoms with Crippen LogP contribution in [-0.4, -0.2) is 152 Å². The van der Waals surface area contributed by atoms with Gasteiger partial charge in [-0.1, -0.05) is 27.7 Å². The Morgan fingerprint density at radius 2 is 1.19 bits per heavy atom. The van der Waals surface area contributed by atoms with Crippen LogP contribution in [0.5, 0.6) is 0 Å². The molecule has 0 aliphatic rings. The van der Waals surface area contributed by atoms with Crippen molar-refractivity contribution in [3.8, 4) is 0 Å². The van der Waals surface area contributed by atoms with Gasteiger partial charge in [-0.2, -0.15) is 24.4 Å². The zero-order valence-corrected chi connectivity index (χ0v) is 34.4. The number of nitrogens with two attached hydrogens (primary N) is 1. The molecule has 57 heavy (non-hydrogen) atoms. The third-order valence-electron chi connectivity index (χ3n) is 8.10. The predicted molar refractivity (Wildman–Crippen MR) is 212 cm³/mol. The van der Waals surface area contributed by atoms with E-state index in [0.29, 0.717) is 11.4 Å². The number of nitrogens with one attached hydrogen (secondary N) is 8. The number of rotatable bonds is 27. The van der Waals surface area contributed by atoms with Gasteiger partial charge >= 0.3 is 5.97 Å². The fourth-order valence-corrected chi connectivity index (χ4v) is 5.86. The van der Waals surface area contributed by atoms with Crippen LogP contribution in [0.2, 0.25) is 0 Å². The van der Waals surface area contributed by atoms with Crippen LogP contribution in [0.3, 0.4) is 0 Å². The first-order valence-electron chi connectivity index (χ1n) is 18.2. The van der Waals surface area contributed by atoms with E-state index in [0.717, 1.165) is 0 Å². The monoisotopic (exact) mass is 846 g/mol. The second-order valence-corrected chi connectivity index (χ2v) is 15.3. The molecule has 0 saturated carbocycles. The zero-order chi connectivity index (χ0) is 43.2. The van der Waals surface area contributed by atoms with E-state index < -0.39 is 109 Å². The van der Waals surface area contributed by atoms with Crippen LogP contribution < -0.4 is 43.0 Å². The molecule has 7 unspecified atom stereocenters. The summed E-state index contributed by atoms with van der Waals surface area (Å²) in [5.74, 6) is -7.13. The number of imidazole rings is 1. The van der Waals surface area contributed by atoms with Gasteiger partial charge in [-0.15, -0.1) is 0 Å². The SMILES string of the molecule is CSCCC(NC(=O)C(N)CO)C(=O)NC(CC(C)C)C(=O)NC(Cc1c[nH]cn1)C(=O)NC(CC(C)C)C(=O)NC(CS)C(=O)NC(CO)C(=O)NCC(=O)O. The quantitative estimate of drug-likeness (QED) is 0.0378. The third kappa shape index (κ3) is 19.0. The Hall–Kier alpha value is -4.45. The maximum Gasteiger partial charge on any atom is 0.322 e. The van der Waals surface area contributed by atoms with Crippen LogP contribution in [0.4, 0.5) is 0 Å². The highest BCUT2D eigenvalue weighted by Crippen LogP contribution is 2.11. The van der Waals surface area contributed by atoms with Crippen LogP contribution in [0.15, 0.2) is 12.5 Å². The lowest BCUT2D eigenvalue weighted by atomic mass is 10.00. The van der Waals surface area contributed by atoms with E-state index in [1.807, 2.05) is 25.4 Å². The smallest absolute Gasteiger partial charge is 0.322 e. The number of thioether (sulfide) groups is 1. The number of carbonyl (C=O) groups excluding carboxylic acids is 7. The van der Waals surface area contributed by atoms with Gasteiger partial charge in [0.25, 0.3) is 0 Å². The molecule has 1 aromatic heterocycles. The van der Waals surface area contributed by atoms with Crippen molar-refractivity contribution in [2.45, 2.75) is 95.7 Å². The van der Waals surface area contributed by atoms with Crippen molar-refractivity contribution in [2.24, 2.45) is 17.6 Å². The Bertz CT molecular complexity index is 1490. The number of aliphatic hydroxyl groups is 2. The Kier molecular flexibility index (Phi) is 23.5. The first-order valence-corrected chi connectivity index (χ1v) is 20.3. The van der Waals surface area contributed by atoms with Crippen LogP contribution in [0.1, 0.15) is 52.7 Å². The third-order valence-corrected chi connectivity index (χ3v) is 9.11. The van der Waals surface area contributed by atoms with Gasteiger partial charge in [-0.25, -0.2) is 4.98 Å². The fourth-order valence-electron chi connectivity index (χ4n) is 5.13. The molecule has 23 heteroatoms. The molecule has 0 aliphatic carbocycles. The highest BCUT2D eigenvalue weighted by Gasteiger charge is 2.34. The summed E-state index contributed by atoms with van der Waals surface area (Å²) in [6, 6.07) is -9.02. The summed E-state index contributed by atoms with van der Waals surface area (Å²) < 4.78 is 0. The average molecular weight is 847 g/mol. The van der Waals surface area contributed by atoms with E-state index in [-0.39, 0.29) is 43.3 Å². The number of hydrogen-bond acceptors (Lipinski definition) is 14. The van der Waals surface area contributed by atoms with Crippen LogP contribution in [-0.2, 0) is 44.8 Å². The Morgan fingerprint density at radius 3 is 1.65 bits per heavy atom. The van der Waals surface area contributed by atoms with Gasteiger partial charge in [0.15, 0.2) is 0 Å². The number of aliphatic hydroxyl groups excluding tert-OH is 2. The van der Waals surface area contributed by atoms with Gasteiger partial charge in [0.2, 0.25) is 41.4 Å². The molecule has 7 amide bonds. The van der Waals surface area contributed by atoms with Crippen molar-refractivity contribution in [3.05, 3.63) is 18.2 Å². The number of carboxylic acids is 1. The normalized spacial score (nSPS) is 14.9. The molecule has 322 valence electrons. The largest absolute Gasteiger partial charge is 0.480 e. The maximum atomic E-state index is 13.9. The molecule has 0 aromatic carbocycles. The van der Waals surface area contributed by atoms with Crippen molar-refractivity contribution in [1.29, 1.82) is 0 Å². The number of carboxylic acid groups (broad SMARTS) is 1. The van der Waals surface area contributed by atoms with E-state index in [4.69, 9.17) is 10.8 Å². The number of amides is 7. The average Bonchev–Trinajstić information content (AvgIpc) is 3.67. The van der Waals surface area contributed by atoms with Crippen LogP contribution in [0, 0.1) is 11.8 Å². The van der Waals surface area contributed by atoms with E-state index in [1.54, 1.807) is 13.8 Å². The highest BCUT2D eigenvalue weighted by atomic mass is 32.2. The molecular formula is C34H58N10O11S2. The van der Waals surface area contributed by atoms with E-state index in [1.165, 1.54) is 24.3 Å². The minimum atomic E-state index is -1.54. The minimum absolute atomic E-state index is 0.0769. The molecular weight excluding hydrogens is 789 g/mol. The van der Waals surface area contributed by atoms with Gasteiger partial charge in [-0.3, -0.25) is 38.4 Å². The topological polar surface area (TPSA) is 336 Å². The number of aliphatic carboxylic acids is 1. The number of hydrogen-bond donors (Lipinski definition) is 13. The molecule has 13 N–H and O–H groups in total. The Balaban J connectivity index is 3.30. The van der Waals surface area contributed by atoms with Gasteiger partial charge in [0.05, 0.1) is 25.2 Å². The molecule has 1 aromatic rings. The summed E-state index contributed by atoms with van der Waals surface area (Å²) in [4.78, 5) is 110. The fraction of sp³-hybridized carbons (Fsp3) is 0.676. The number of carbonyl (C=O) groups is 8. The van der Waals surface area contributed by atoms with E-state index in [9.17, 15) is 48.6 Å². The van der Waals surface area contributed by atoms with Crippen LogP contribution in [0.25, 0.3) is 0 Å². The molecule has 0 bridgehead atoms. The lowest BCUT2D eigenvalue weighted by Gasteiger charge is -2.28. The Labute approximate surface area is 340 Å². The number of H-pyrrole nitrogens is 1. The first kappa shape index (κ1) is 50.6. The van der Waals surface area contributed by atoms with Gasteiger partial charge < -0.3 is 63.3 Å². The molecule has 21 nitrogen and oxygen atoms in total. The van der Waals surface area contributed by atoms with Crippen molar-refractivity contribution >= 4 is 71.7 Å². The molecule has 0 radical (unpaired) electrons. The van der Waals surface area contributed by atoms with Gasteiger partial charge in [0.1, 0.15) is 48.8 Å². The lowest BCUT2D eigenvalue weighted by Crippen LogP contribution is -2.61. The standard InChI is InChI=1S/C34H58N10O11S2/c1-17(2)8-22(40-30(51)21(6-7-57-5)39-28(49)20(35)13-45)31(52)42-24(10-19-11-36-16-38-19)33(54)41-23(9-18(3)4)32(53)44-26(15-56)34(55)43-25(14-46)29(50)37-12-27(47)48/h11,16-18,20-26,45-46,56H,6-10,12-15,35H2,1-5H3,(H,36,38)(H,37,50)(H,39,49)(H,40,51)(H,41,54)(H,42,52)(H,43,55)(H,44,53)(H,47,48). The molecule has 0 fully saturated rings. The summed E-state index contributed by atoms with van der Waals surface area (Å²) >= 11 is 5.55. The number of nitrogens with zero attached hydrogens (tertiary/aromatic N) is 1. The molecule has 0 spiro atoms. The second kappa shape index (κ2) is 26.5. The molecule has 7 atom stereocenters. The number of aromatic amines is 1. The molecule has 1 heterocycles. The minimum Gasteiger partial charge on any atom is -0.480 e. The zero-order valence-electron chi connectivity index (χ0n) is 32.7. The molecule has 1 rings (SSSR count). The molecule has 0 saturated heterocycles. The second-order valence-electron chi connectivity index (χ2n) is 13.9.